The average molecular weight is 311 g/mol. The molecule has 1 saturated heterocycles. The van der Waals surface area contributed by atoms with Crippen LogP contribution in [0.25, 0.3) is 10.4 Å². The van der Waals surface area contributed by atoms with E-state index in [0.717, 1.165) is 22.4 Å². The smallest absolute Gasteiger partial charge is 0.222 e. The largest absolute Gasteiger partial charge is 0.349 e. The van der Waals surface area contributed by atoms with Gasteiger partial charge in [-0.25, -0.2) is 9.97 Å². The highest BCUT2D eigenvalue weighted by molar-refractivity contribution is 9.11. The van der Waals surface area contributed by atoms with Gasteiger partial charge >= 0.3 is 0 Å². The predicted molar refractivity (Wildman–Crippen MR) is 73.3 cm³/mol. The molecule has 1 fully saturated rings. The molecule has 2 N–H and O–H groups in total. The average Bonchev–Trinajstić information content (AvgIpc) is 2.71. The third-order valence-electron chi connectivity index (χ3n) is 2.62. The minimum Gasteiger partial charge on any atom is -0.349 e. The minimum absolute atomic E-state index is 0.469. The summed E-state index contributed by atoms with van der Waals surface area (Å²) >= 11 is 5.13. The molecular weight excluding hydrogens is 300 g/mol. The van der Waals surface area contributed by atoms with Gasteiger partial charge < -0.3 is 10.6 Å². The first-order chi connectivity index (χ1) is 8.31. The van der Waals surface area contributed by atoms with E-state index < -0.39 is 0 Å². The maximum Gasteiger partial charge on any atom is 0.222 e. The molecule has 3 rings (SSSR count). The normalized spacial score (nSPS) is 15.6. The molecule has 0 unspecified atom stereocenters. The van der Waals surface area contributed by atoms with Crippen LogP contribution in [0.15, 0.2) is 28.3 Å². The van der Waals surface area contributed by atoms with Gasteiger partial charge in [0.05, 0.1) is 9.83 Å². The second-order valence-corrected chi connectivity index (χ2v) is 6.36. The molecule has 17 heavy (non-hydrogen) atoms. The van der Waals surface area contributed by atoms with E-state index in [9.17, 15) is 0 Å². The molecule has 6 heteroatoms. The Morgan fingerprint density at radius 2 is 2.06 bits per heavy atom. The van der Waals surface area contributed by atoms with Crippen molar-refractivity contribution in [1.29, 1.82) is 0 Å². The number of rotatable bonds is 3. The fourth-order valence-electron chi connectivity index (χ4n) is 1.57. The Morgan fingerprint density at radius 3 is 2.59 bits per heavy atom. The van der Waals surface area contributed by atoms with Gasteiger partial charge in [-0.1, -0.05) is 0 Å². The number of hydrogen-bond acceptors (Lipinski definition) is 5. The van der Waals surface area contributed by atoms with Gasteiger partial charge in [0, 0.05) is 35.9 Å². The zero-order valence-corrected chi connectivity index (χ0v) is 11.4. The lowest BCUT2D eigenvalue weighted by molar-refractivity contribution is 0.470. The van der Waals surface area contributed by atoms with E-state index in [1.807, 2.05) is 18.5 Å². The molecule has 3 heterocycles. The zero-order chi connectivity index (χ0) is 11.7. The highest BCUT2D eigenvalue weighted by Gasteiger charge is 2.16. The molecule has 0 spiro atoms. The van der Waals surface area contributed by atoms with Crippen LogP contribution in [-0.4, -0.2) is 29.1 Å². The Kier molecular flexibility index (Phi) is 3.09. The fourth-order valence-corrected chi connectivity index (χ4v) is 2.93. The molecule has 0 atom stereocenters. The van der Waals surface area contributed by atoms with Crippen molar-refractivity contribution in [3.63, 3.8) is 0 Å². The van der Waals surface area contributed by atoms with Crippen LogP contribution < -0.4 is 10.6 Å². The second kappa shape index (κ2) is 4.72. The van der Waals surface area contributed by atoms with Crippen LogP contribution in [0, 0.1) is 0 Å². The molecule has 0 saturated carbocycles. The highest BCUT2D eigenvalue weighted by Crippen LogP contribution is 2.30. The van der Waals surface area contributed by atoms with Crippen LogP contribution in [0.3, 0.4) is 0 Å². The summed E-state index contributed by atoms with van der Waals surface area (Å²) in [5.41, 5.74) is 1.05. The van der Waals surface area contributed by atoms with E-state index in [0.29, 0.717) is 12.0 Å². The minimum atomic E-state index is 0.469. The first-order valence-corrected chi connectivity index (χ1v) is 6.97. The fraction of sp³-hybridized carbons (Fsp3) is 0.273. The van der Waals surface area contributed by atoms with Crippen molar-refractivity contribution in [2.24, 2.45) is 0 Å². The molecule has 0 amide bonds. The number of anilines is 1. The van der Waals surface area contributed by atoms with Crippen LogP contribution in [0.5, 0.6) is 0 Å². The van der Waals surface area contributed by atoms with Crippen molar-refractivity contribution in [2.75, 3.05) is 18.4 Å². The molecule has 1 aliphatic heterocycles. The van der Waals surface area contributed by atoms with Crippen molar-refractivity contribution in [3.05, 3.63) is 28.3 Å². The molecule has 1 aliphatic rings. The maximum absolute atomic E-state index is 4.33. The van der Waals surface area contributed by atoms with Crippen LogP contribution in [0.4, 0.5) is 5.95 Å². The number of aromatic nitrogens is 2. The first kappa shape index (κ1) is 11.1. The molecule has 88 valence electrons. The van der Waals surface area contributed by atoms with Crippen molar-refractivity contribution >= 4 is 33.2 Å². The van der Waals surface area contributed by atoms with Gasteiger partial charge in [0.15, 0.2) is 0 Å². The van der Waals surface area contributed by atoms with E-state index >= 15 is 0 Å². The lowest BCUT2D eigenvalue weighted by Gasteiger charge is -2.27. The van der Waals surface area contributed by atoms with Crippen LogP contribution in [-0.2, 0) is 0 Å². The Hall–Kier alpha value is -0.980. The summed E-state index contributed by atoms with van der Waals surface area (Å²) < 4.78 is 1.12. The summed E-state index contributed by atoms with van der Waals surface area (Å²) in [7, 11) is 0. The van der Waals surface area contributed by atoms with Crippen LogP contribution >= 0.6 is 27.3 Å². The van der Waals surface area contributed by atoms with E-state index in [4.69, 9.17) is 0 Å². The monoisotopic (exact) mass is 310 g/mol. The third-order valence-corrected chi connectivity index (χ3v) is 4.30. The lowest BCUT2D eigenvalue weighted by atomic mass is 10.2. The summed E-state index contributed by atoms with van der Waals surface area (Å²) in [6.45, 7) is 1.98. The Balaban J connectivity index is 1.75. The van der Waals surface area contributed by atoms with Crippen molar-refractivity contribution < 1.29 is 0 Å². The molecule has 0 bridgehead atoms. The molecule has 2 aromatic heterocycles. The summed E-state index contributed by atoms with van der Waals surface area (Å²) in [6.07, 6.45) is 3.72. The van der Waals surface area contributed by atoms with Gasteiger partial charge in [-0.05, 0) is 28.1 Å². The van der Waals surface area contributed by atoms with Crippen molar-refractivity contribution in [2.45, 2.75) is 6.04 Å². The van der Waals surface area contributed by atoms with Crippen LogP contribution in [0.1, 0.15) is 0 Å². The van der Waals surface area contributed by atoms with Gasteiger partial charge in [0.1, 0.15) is 0 Å². The number of nitrogens with one attached hydrogen (secondary N) is 2. The Labute approximate surface area is 112 Å². The summed E-state index contributed by atoms with van der Waals surface area (Å²) in [6, 6.07) is 4.57. The molecule has 2 aromatic rings. The molecule has 0 aromatic carbocycles. The topological polar surface area (TPSA) is 49.8 Å². The number of thiophene rings is 1. The Morgan fingerprint density at radius 1 is 1.29 bits per heavy atom. The van der Waals surface area contributed by atoms with Crippen molar-refractivity contribution in [1.82, 2.24) is 15.3 Å². The third kappa shape index (κ3) is 2.48. The number of nitrogens with zero attached hydrogens (tertiary/aromatic N) is 2. The van der Waals surface area contributed by atoms with Gasteiger partial charge in [-0.2, -0.15) is 0 Å². The highest BCUT2D eigenvalue weighted by atomic mass is 79.9. The number of halogens is 1. The zero-order valence-electron chi connectivity index (χ0n) is 8.98. The number of hydrogen-bond donors (Lipinski definition) is 2. The standard InChI is InChI=1S/C11H11BrN4S/c12-10-2-1-9(17-10)7-3-14-11(15-4-7)16-8-5-13-6-8/h1-4,8,13H,5-6H2,(H,14,15,16). The quantitative estimate of drug-likeness (QED) is 0.913. The lowest BCUT2D eigenvalue weighted by Crippen LogP contribution is -2.51. The van der Waals surface area contributed by atoms with E-state index in [2.05, 4.69) is 42.6 Å². The van der Waals surface area contributed by atoms with Gasteiger partial charge in [0.2, 0.25) is 5.95 Å². The SMILES string of the molecule is Brc1ccc(-c2cnc(NC3CNC3)nc2)s1. The van der Waals surface area contributed by atoms with Crippen LogP contribution in [0.2, 0.25) is 0 Å². The second-order valence-electron chi connectivity index (χ2n) is 3.90. The summed E-state index contributed by atoms with van der Waals surface area (Å²) in [5.74, 6) is 0.705. The van der Waals surface area contributed by atoms with Gasteiger partial charge in [0.25, 0.3) is 0 Å². The van der Waals surface area contributed by atoms with E-state index in [1.165, 1.54) is 4.88 Å². The summed E-state index contributed by atoms with van der Waals surface area (Å²) in [4.78, 5) is 9.83. The first-order valence-electron chi connectivity index (χ1n) is 5.36. The Bertz CT molecular complexity index is 506. The van der Waals surface area contributed by atoms with Gasteiger partial charge in [-0.3, -0.25) is 0 Å². The summed E-state index contributed by atoms with van der Waals surface area (Å²) in [5, 5.41) is 6.47. The molecule has 0 aliphatic carbocycles. The predicted octanol–water partition coefficient (Wildman–Crippen LogP) is 2.35. The molecular formula is C11H11BrN4S. The maximum atomic E-state index is 4.33. The van der Waals surface area contributed by atoms with E-state index in [1.54, 1.807) is 11.3 Å². The van der Waals surface area contributed by atoms with Gasteiger partial charge in [-0.15, -0.1) is 11.3 Å². The van der Waals surface area contributed by atoms with E-state index in [-0.39, 0.29) is 0 Å². The van der Waals surface area contributed by atoms with Crippen molar-refractivity contribution in [3.8, 4) is 10.4 Å². The molecule has 4 nitrogen and oxygen atoms in total. The molecule has 0 radical (unpaired) electrons.